The van der Waals surface area contributed by atoms with E-state index in [0.29, 0.717) is 5.02 Å². The Morgan fingerprint density at radius 2 is 1.84 bits per heavy atom. The molecule has 0 bridgehead atoms. The predicted molar refractivity (Wildman–Crippen MR) is 78.1 cm³/mol. The third kappa shape index (κ3) is 2.88. The zero-order chi connectivity index (χ0) is 13.9. The number of amides is 1. The van der Waals surface area contributed by atoms with Crippen LogP contribution in [0.1, 0.15) is 12.5 Å². The van der Waals surface area contributed by atoms with Gasteiger partial charge in [-0.25, -0.2) is 0 Å². The smallest absolute Gasteiger partial charge is 0.247 e. The number of para-hydroxylation sites is 1. The first-order chi connectivity index (χ1) is 9.02. The van der Waals surface area contributed by atoms with E-state index < -0.39 is 11.4 Å². The van der Waals surface area contributed by atoms with Gasteiger partial charge in [-0.3, -0.25) is 4.79 Å². The molecular weight excluding hydrogens is 260 g/mol. The van der Waals surface area contributed by atoms with Gasteiger partial charge in [-0.05, 0) is 36.8 Å². The summed E-state index contributed by atoms with van der Waals surface area (Å²) in [6.07, 6.45) is 0. The number of carbonyl (C=O) groups excluding carboxylic acids is 1. The molecule has 0 fully saturated rings. The Morgan fingerprint density at radius 1 is 1.16 bits per heavy atom. The highest BCUT2D eigenvalue weighted by molar-refractivity contribution is 6.30. The lowest BCUT2D eigenvalue weighted by molar-refractivity contribution is -0.122. The number of carbonyl (C=O) groups is 1. The molecule has 1 unspecified atom stereocenters. The van der Waals surface area contributed by atoms with Crippen molar-refractivity contribution in [3.05, 3.63) is 65.2 Å². The molecule has 0 spiro atoms. The summed E-state index contributed by atoms with van der Waals surface area (Å²) in [5, 5.41) is 3.73. The van der Waals surface area contributed by atoms with Crippen molar-refractivity contribution < 1.29 is 4.79 Å². The Hall–Kier alpha value is -2.00. The summed E-state index contributed by atoms with van der Waals surface area (Å²) in [6, 6.07) is 16.6. The van der Waals surface area contributed by atoms with Gasteiger partial charge in [-0.1, -0.05) is 41.9 Å². The number of nitrogens with two attached hydrogens (primary N) is 1. The van der Waals surface area contributed by atoms with E-state index in [1.54, 1.807) is 25.1 Å². The van der Waals surface area contributed by atoms with Gasteiger partial charge in [0, 0.05) is 10.7 Å². The number of benzene rings is 2. The molecule has 19 heavy (non-hydrogen) atoms. The molecule has 1 atom stereocenters. The monoisotopic (exact) mass is 274 g/mol. The Morgan fingerprint density at radius 3 is 2.42 bits per heavy atom. The maximum Gasteiger partial charge on any atom is 0.247 e. The molecule has 0 radical (unpaired) electrons. The third-order valence-corrected chi connectivity index (χ3v) is 3.30. The lowest BCUT2D eigenvalue weighted by Gasteiger charge is -2.29. The van der Waals surface area contributed by atoms with Crippen molar-refractivity contribution in [2.24, 2.45) is 5.73 Å². The minimum Gasteiger partial charge on any atom is -0.368 e. The molecule has 4 heteroatoms. The number of primary amides is 1. The third-order valence-electron chi connectivity index (χ3n) is 3.06. The molecule has 0 aliphatic heterocycles. The number of nitrogens with one attached hydrogen (secondary N) is 1. The second kappa shape index (κ2) is 5.33. The van der Waals surface area contributed by atoms with Crippen LogP contribution in [-0.2, 0) is 10.3 Å². The van der Waals surface area contributed by atoms with Crippen molar-refractivity contribution >= 4 is 23.2 Å². The minimum atomic E-state index is -1.01. The van der Waals surface area contributed by atoms with E-state index in [0.717, 1.165) is 11.3 Å². The highest BCUT2D eigenvalue weighted by atomic mass is 35.5. The summed E-state index contributed by atoms with van der Waals surface area (Å²) >= 11 is 5.98. The van der Waals surface area contributed by atoms with E-state index >= 15 is 0 Å². The molecular formula is C15H15ClN2O. The Balaban J connectivity index is 2.41. The lowest BCUT2D eigenvalue weighted by Crippen LogP contribution is -2.45. The van der Waals surface area contributed by atoms with Crippen LogP contribution in [0.25, 0.3) is 0 Å². The van der Waals surface area contributed by atoms with Crippen LogP contribution in [0.3, 0.4) is 0 Å². The number of anilines is 1. The van der Waals surface area contributed by atoms with Crippen LogP contribution in [0.4, 0.5) is 5.69 Å². The number of rotatable bonds is 4. The van der Waals surface area contributed by atoms with Crippen LogP contribution in [0.5, 0.6) is 0 Å². The molecule has 0 aliphatic carbocycles. The van der Waals surface area contributed by atoms with Crippen LogP contribution < -0.4 is 11.1 Å². The Labute approximate surface area is 117 Å². The Kier molecular flexibility index (Phi) is 3.76. The zero-order valence-electron chi connectivity index (χ0n) is 10.6. The molecule has 0 aliphatic rings. The lowest BCUT2D eigenvalue weighted by atomic mass is 9.91. The van der Waals surface area contributed by atoms with E-state index in [4.69, 9.17) is 17.3 Å². The summed E-state index contributed by atoms with van der Waals surface area (Å²) in [4.78, 5) is 11.9. The van der Waals surface area contributed by atoms with Crippen molar-refractivity contribution in [1.82, 2.24) is 0 Å². The van der Waals surface area contributed by atoms with Crippen LogP contribution in [0.15, 0.2) is 54.6 Å². The van der Waals surface area contributed by atoms with Gasteiger partial charge in [0.05, 0.1) is 0 Å². The van der Waals surface area contributed by atoms with Crippen LogP contribution >= 0.6 is 11.6 Å². The molecule has 0 heterocycles. The fourth-order valence-corrected chi connectivity index (χ4v) is 2.08. The highest BCUT2D eigenvalue weighted by Gasteiger charge is 2.33. The SMILES string of the molecule is CC(Nc1ccccc1)(C(N)=O)c1cccc(Cl)c1. The van der Waals surface area contributed by atoms with Gasteiger partial charge in [0.25, 0.3) is 0 Å². The van der Waals surface area contributed by atoms with Crippen molar-refractivity contribution in [3.8, 4) is 0 Å². The maximum atomic E-state index is 11.9. The van der Waals surface area contributed by atoms with Crippen LogP contribution in [0.2, 0.25) is 5.02 Å². The highest BCUT2D eigenvalue weighted by Crippen LogP contribution is 2.27. The molecule has 1 amide bonds. The minimum absolute atomic E-state index is 0.460. The van der Waals surface area contributed by atoms with E-state index in [-0.39, 0.29) is 0 Å². The molecule has 0 saturated heterocycles. The van der Waals surface area contributed by atoms with Gasteiger partial charge >= 0.3 is 0 Å². The molecule has 2 rings (SSSR count). The molecule has 0 saturated carbocycles. The van der Waals surface area contributed by atoms with E-state index in [9.17, 15) is 4.79 Å². The topological polar surface area (TPSA) is 55.1 Å². The maximum absolute atomic E-state index is 11.9. The van der Waals surface area contributed by atoms with Gasteiger partial charge in [0.2, 0.25) is 5.91 Å². The molecule has 2 aromatic rings. The predicted octanol–water partition coefficient (Wildman–Crippen LogP) is 3.15. The van der Waals surface area contributed by atoms with Crippen molar-refractivity contribution in [3.63, 3.8) is 0 Å². The van der Waals surface area contributed by atoms with Gasteiger partial charge < -0.3 is 11.1 Å². The number of halogens is 1. The molecule has 0 aromatic heterocycles. The van der Waals surface area contributed by atoms with E-state index in [1.165, 1.54) is 0 Å². The first-order valence-electron chi connectivity index (χ1n) is 5.91. The van der Waals surface area contributed by atoms with Crippen LogP contribution in [-0.4, -0.2) is 5.91 Å². The van der Waals surface area contributed by atoms with E-state index in [1.807, 2.05) is 36.4 Å². The molecule has 3 nitrogen and oxygen atoms in total. The van der Waals surface area contributed by atoms with Crippen molar-refractivity contribution in [1.29, 1.82) is 0 Å². The van der Waals surface area contributed by atoms with Crippen molar-refractivity contribution in [2.45, 2.75) is 12.5 Å². The summed E-state index contributed by atoms with van der Waals surface area (Å²) in [5.74, 6) is -0.460. The van der Waals surface area contributed by atoms with Gasteiger partial charge in [-0.2, -0.15) is 0 Å². The summed E-state index contributed by atoms with van der Waals surface area (Å²) in [5.41, 5.74) is 6.10. The summed E-state index contributed by atoms with van der Waals surface area (Å²) < 4.78 is 0. The summed E-state index contributed by atoms with van der Waals surface area (Å²) in [6.45, 7) is 1.74. The average Bonchev–Trinajstić information content (AvgIpc) is 2.39. The zero-order valence-corrected chi connectivity index (χ0v) is 11.3. The average molecular weight is 275 g/mol. The second-order valence-electron chi connectivity index (χ2n) is 4.49. The van der Waals surface area contributed by atoms with Gasteiger partial charge in [0.15, 0.2) is 0 Å². The molecule has 3 N–H and O–H groups in total. The molecule has 98 valence electrons. The van der Waals surface area contributed by atoms with Gasteiger partial charge in [0.1, 0.15) is 5.54 Å². The first-order valence-corrected chi connectivity index (χ1v) is 6.29. The first kappa shape index (κ1) is 13.4. The standard InChI is InChI=1S/C15H15ClN2O/c1-15(14(17)19,11-6-5-7-12(16)10-11)18-13-8-3-2-4-9-13/h2-10,18H,1H3,(H2,17,19). The normalized spacial score (nSPS) is 13.6. The fourth-order valence-electron chi connectivity index (χ4n) is 1.89. The largest absolute Gasteiger partial charge is 0.368 e. The molecule has 2 aromatic carbocycles. The number of hydrogen-bond donors (Lipinski definition) is 2. The number of hydrogen-bond acceptors (Lipinski definition) is 2. The quantitative estimate of drug-likeness (QED) is 0.900. The Bertz CT molecular complexity index is 586. The van der Waals surface area contributed by atoms with Gasteiger partial charge in [-0.15, -0.1) is 0 Å². The fraction of sp³-hybridized carbons (Fsp3) is 0.133. The van der Waals surface area contributed by atoms with Crippen molar-refractivity contribution in [2.75, 3.05) is 5.32 Å². The second-order valence-corrected chi connectivity index (χ2v) is 4.93. The van der Waals surface area contributed by atoms with E-state index in [2.05, 4.69) is 5.32 Å². The summed E-state index contributed by atoms with van der Waals surface area (Å²) in [7, 11) is 0. The van der Waals surface area contributed by atoms with Crippen LogP contribution in [0, 0.1) is 0 Å².